The van der Waals surface area contributed by atoms with Crippen LogP contribution in [0.3, 0.4) is 0 Å². The Morgan fingerprint density at radius 3 is 2.50 bits per heavy atom. The van der Waals surface area contributed by atoms with Crippen LogP contribution in [0.5, 0.6) is 0 Å². The molecule has 0 unspecified atom stereocenters. The first-order valence-corrected chi connectivity index (χ1v) is 7.90. The Kier molecular flexibility index (Phi) is 5.93. The lowest BCUT2D eigenvalue weighted by Gasteiger charge is -2.23. The largest absolute Gasteiger partial charge is 0.462 e. The number of amides is 1. The fourth-order valence-electron chi connectivity index (χ4n) is 2.32. The third-order valence-electron chi connectivity index (χ3n) is 3.41. The summed E-state index contributed by atoms with van der Waals surface area (Å²) in [4.78, 5) is 26.2. The summed E-state index contributed by atoms with van der Waals surface area (Å²) in [6.07, 6.45) is 0. The van der Waals surface area contributed by atoms with Crippen molar-refractivity contribution in [1.82, 2.24) is 0 Å². The van der Waals surface area contributed by atoms with Crippen LogP contribution in [-0.2, 0) is 4.74 Å². The molecule has 0 saturated carbocycles. The van der Waals surface area contributed by atoms with Crippen LogP contribution in [0.2, 0.25) is 5.02 Å². The number of halogens is 2. The minimum Gasteiger partial charge on any atom is -0.462 e. The first kappa shape index (κ1) is 17.9. The van der Waals surface area contributed by atoms with E-state index < -0.39 is 17.7 Å². The number of esters is 1. The maximum Gasteiger partial charge on any atom is 0.340 e. The lowest BCUT2D eigenvalue weighted by atomic mass is 10.1. The molecule has 1 amide bonds. The van der Waals surface area contributed by atoms with E-state index in [2.05, 4.69) is 0 Å². The van der Waals surface area contributed by atoms with E-state index in [-0.39, 0.29) is 29.3 Å². The molecule has 0 aliphatic heterocycles. The minimum atomic E-state index is -0.670. The number of carbonyl (C=O) groups excluding carboxylic acids is 2. The highest BCUT2D eigenvalue weighted by atomic mass is 35.5. The minimum absolute atomic E-state index is 0.150. The molecule has 0 radical (unpaired) electrons. The average molecular weight is 350 g/mol. The van der Waals surface area contributed by atoms with Gasteiger partial charge in [-0.05, 0) is 44.2 Å². The van der Waals surface area contributed by atoms with Crippen LogP contribution in [0.25, 0.3) is 0 Å². The smallest absolute Gasteiger partial charge is 0.340 e. The van der Waals surface area contributed by atoms with E-state index in [0.717, 1.165) is 6.07 Å². The van der Waals surface area contributed by atoms with Crippen molar-refractivity contribution in [2.45, 2.75) is 13.8 Å². The number of hydrogen-bond acceptors (Lipinski definition) is 3. The number of carbonyl (C=O) groups is 2. The Labute approximate surface area is 144 Å². The van der Waals surface area contributed by atoms with E-state index in [1.807, 2.05) is 0 Å². The van der Waals surface area contributed by atoms with Crippen LogP contribution in [0.1, 0.15) is 34.6 Å². The first-order chi connectivity index (χ1) is 11.5. The van der Waals surface area contributed by atoms with Gasteiger partial charge in [-0.25, -0.2) is 9.18 Å². The number of para-hydroxylation sites is 1. The van der Waals surface area contributed by atoms with E-state index in [4.69, 9.17) is 16.3 Å². The molecular weight excluding hydrogens is 333 g/mol. The summed E-state index contributed by atoms with van der Waals surface area (Å²) >= 11 is 5.87. The Morgan fingerprint density at radius 2 is 1.83 bits per heavy atom. The molecule has 0 heterocycles. The van der Waals surface area contributed by atoms with Crippen molar-refractivity contribution >= 4 is 29.2 Å². The topological polar surface area (TPSA) is 46.6 Å². The molecule has 0 aromatic heterocycles. The summed E-state index contributed by atoms with van der Waals surface area (Å²) < 4.78 is 19.0. The molecule has 0 atom stereocenters. The molecule has 0 bridgehead atoms. The number of nitrogens with zero attached hydrogens (tertiary/aromatic N) is 1. The summed E-state index contributed by atoms with van der Waals surface area (Å²) in [5, 5.41) is 0.259. The van der Waals surface area contributed by atoms with Gasteiger partial charge >= 0.3 is 5.97 Å². The average Bonchev–Trinajstić information content (AvgIpc) is 2.58. The van der Waals surface area contributed by atoms with Gasteiger partial charge in [0, 0.05) is 11.6 Å². The zero-order valence-electron chi connectivity index (χ0n) is 13.4. The number of ether oxygens (including phenoxy) is 1. The molecule has 126 valence electrons. The predicted octanol–water partition coefficient (Wildman–Crippen LogP) is 4.32. The molecule has 6 heteroatoms. The second-order valence-electron chi connectivity index (χ2n) is 4.91. The molecule has 0 fully saturated rings. The normalized spacial score (nSPS) is 10.3. The van der Waals surface area contributed by atoms with Gasteiger partial charge in [0.05, 0.1) is 23.4 Å². The summed E-state index contributed by atoms with van der Waals surface area (Å²) in [5.41, 5.74) is 0.461. The molecule has 0 aliphatic rings. The standard InChI is InChI=1S/C18H17ClFNO3/c1-3-21(17(22)14-11-12(19)9-10-15(14)20)16-8-6-5-7-13(16)18(23)24-4-2/h5-11H,3-4H2,1-2H3. The maximum atomic E-state index is 14.0. The lowest BCUT2D eigenvalue weighted by Crippen LogP contribution is -2.32. The second kappa shape index (κ2) is 7.93. The van der Waals surface area contributed by atoms with Crippen molar-refractivity contribution in [3.05, 3.63) is 64.4 Å². The highest BCUT2D eigenvalue weighted by Crippen LogP contribution is 2.25. The van der Waals surface area contributed by atoms with Crippen molar-refractivity contribution in [2.75, 3.05) is 18.1 Å². The molecule has 24 heavy (non-hydrogen) atoms. The number of anilines is 1. The Hall–Kier alpha value is -2.40. The van der Waals surface area contributed by atoms with Crippen molar-refractivity contribution in [3.8, 4) is 0 Å². The van der Waals surface area contributed by atoms with Gasteiger partial charge in [-0.15, -0.1) is 0 Å². The van der Waals surface area contributed by atoms with Gasteiger partial charge < -0.3 is 9.64 Å². The molecule has 2 aromatic carbocycles. The molecular formula is C18H17ClFNO3. The van der Waals surface area contributed by atoms with Crippen LogP contribution in [0.4, 0.5) is 10.1 Å². The van der Waals surface area contributed by atoms with Crippen LogP contribution in [0, 0.1) is 5.82 Å². The lowest BCUT2D eigenvalue weighted by molar-refractivity contribution is 0.0527. The predicted molar refractivity (Wildman–Crippen MR) is 91.2 cm³/mol. The van der Waals surface area contributed by atoms with E-state index in [1.165, 1.54) is 17.0 Å². The first-order valence-electron chi connectivity index (χ1n) is 7.52. The highest BCUT2D eigenvalue weighted by Gasteiger charge is 2.24. The van der Waals surface area contributed by atoms with E-state index in [0.29, 0.717) is 5.69 Å². The SMILES string of the molecule is CCOC(=O)c1ccccc1N(CC)C(=O)c1cc(Cl)ccc1F. The molecule has 0 aliphatic carbocycles. The van der Waals surface area contributed by atoms with E-state index in [9.17, 15) is 14.0 Å². The van der Waals surface area contributed by atoms with Gasteiger partial charge in [0.25, 0.3) is 5.91 Å². The second-order valence-corrected chi connectivity index (χ2v) is 5.35. The zero-order chi connectivity index (χ0) is 17.7. The van der Waals surface area contributed by atoms with Gasteiger partial charge in [-0.1, -0.05) is 23.7 Å². The van der Waals surface area contributed by atoms with Crippen LogP contribution >= 0.6 is 11.6 Å². The number of benzene rings is 2. The molecule has 0 N–H and O–H groups in total. The Bertz CT molecular complexity index is 764. The van der Waals surface area contributed by atoms with E-state index in [1.54, 1.807) is 38.1 Å². The van der Waals surface area contributed by atoms with E-state index >= 15 is 0 Å². The van der Waals surface area contributed by atoms with Crippen molar-refractivity contribution in [1.29, 1.82) is 0 Å². The Morgan fingerprint density at radius 1 is 1.12 bits per heavy atom. The number of rotatable bonds is 5. The molecule has 0 spiro atoms. The fourth-order valence-corrected chi connectivity index (χ4v) is 2.49. The van der Waals surface area contributed by atoms with Crippen molar-refractivity contribution < 1.29 is 18.7 Å². The fraction of sp³-hybridized carbons (Fsp3) is 0.222. The number of hydrogen-bond donors (Lipinski definition) is 0. The van der Waals surface area contributed by atoms with Crippen LogP contribution < -0.4 is 4.90 Å². The van der Waals surface area contributed by atoms with Crippen LogP contribution in [0.15, 0.2) is 42.5 Å². The Balaban J connectivity index is 2.47. The third-order valence-corrected chi connectivity index (χ3v) is 3.65. The summed E-state index contributed by atoms with van der Waals surface area (Å²) in [6.45, 7) is 3.91. The van der Waals surface area contributed by atoms with Gasteiger partial charge in [0.2, 0.25) is 0 Å². The van der Waals surface area contributed by atoms with Crippen molar-refractivity contribution in [3.63, 3.8) is 0 Å². The molecule has 2 rings (SSSR count). The monoisotopic (exact) mass is 349 g/mol. The quantitative estimate of drug-likeness (QED) is 0.755. The summed E-state index contributed by atoms with van der Waals surface area (Å²) in [6, 6.07) is 10.3. The highest BCUT2D eigenvalue weighted by molar-refractivity contribution is 6.31. The van der Waals surface area contributed by atoms with Gasteiger partial charge in [-0.3, -0.25) is 4.79 Å². The van der Waals surface area contributed by atoms with Gasteiger partial charge in [-0.2, -0.15) is 0 Å². The zero-order valence-corrected chi connectivity index (χ0v) is 14.1. The molecule has 2 aromatic rings. The summed E-state index contributed by atoms with van der Waals surface area (Å²) in [7, 11) is 0. The van der Waals surface area contributed by atoms with Gasteiger partial charge in [0.1, 0.15) is 5.82 Å². The maximum absolute atomic E-state index is 14.0. The molecule has 4 nitrogen and oxygen atoms in total. The third kappa shape index (κ3) is 3.74. The summed E-state index contributed by atoms with van der Waals surface area (Å²) in [5.74, 6) is -1.78. The van der Waals surface area contributed by atoms with Crippen molar-refractivity contribution in [2.24, 2.45) is 0 Å². The molecule has 0 saturated heterocycles. The van der Waals surface area contributed by atoms with Crippen LogP contribution in [-0.4, -0.2) is 25.0 Å². The van der Waals surface area contributed by atoms with Gasteiger partial charge in [0.15, 0.2) is 0 Å².